The highest BCUT2D eigenvalue weighted by Crippen LogP contribution is 2.29. The summed E-state index contributed by atoms with van der Waals surface area (Å²) in [4.78, 5) is 0. The SMILES string of the molecule is Fc1ccc(NCc2ccc(OCc3ccc(Cl)cc3Cl)c(Br)c2)cc1. The standard InChI is InChI=1S/C20H15BrCl2FNO/c21-18-9-13(11-25-17-6-4-16(24)5-7-17)1-8-20(18)26-12-14-2-3-15(22)10-19(14)23/h1-10,25H,11-12H2. The van der Waals surface area contributed by atoms with Gasteiger partial charge in [0.1, 0.15) is 18.2 Å². The summed E-state index contributed by atoms with van der Waals surface area (Å²) in [6.07, 6.45) is 0. The van der Waals surface area contributed by atoms with E-state index < -0.39 is 0 Å². The minimum Gasteiger partial charge on any atom is -0.488 e. The van der Waals surface area contributed by atoms with Crippen molar-refractivity contribution < 1.29 is 9.13 Å². The second-order valence-corrected chi connectivity index (χ2v) is 7.35. The third-order valence-corrected chi connectivity index (χ3v) is 4.94. The van der Waals surface area contributed by atoms with Gasteiger partial charge >= 0.3 is 0 Å². The first-order valence-electron chi connectivity index (χ1n) is 7.86. The van der Waals surface area contributed by atoms with E-state index in [0.29, 0.717) is 23.2 Å². The largest absolute Gasteiger partial charge is 0.488 e. The third-order valence-electron chi connectivity index (χ3n) is 3.74. The van der Waals surface area contributed by atoms with E-state index >= 15 is 0 Å². The molecule has 26 heavy (non-hydrogen) atoms. The highest BCUT2D eigenvalue weighted by atomic mass is 79.9. The maximum atomic E-state index is 12.9. The van der Waals surface area contributed by atoms with Gasteiger partial charge in [-0.2, -0.15) is 0 Å². The van der Waals surface area contributed by atoms with Crippen molar-refractivity contribution in [1.29, 1.82) is 0 Å². The lowest BCUT2D eigenvalue weighted by Gasteiger charge is -2.12. The zero-order valence-electron chi connectivity index (χ0n) is 13.6. The molecule has 0 saturated heterocycles. The predicted octanol–water partition coefficient (Wildman–Crippen LogP) is 7.09. The Kier molecular flexibility index (Phi) is 6.41. The number of nitrogens with one attached hydrogen (secondary N) is 1. The summed E-state index contributed by atoms with van der Waals surface area (Å²) in [6, 6.07) is 17.4. The molecule has 0 bridgehead atoms. The molecule has 3 rings (SSSR count). The molecule has 0 saturated carbocycles. The molecule has 6 heteroatoms. The molecule has 0 radical (unpaired) electrons. The van der Waals surface area contributed by atoms with Crippen LogP contribution >= 0.6 is 39.1 Å². The first kappa shape index (κ1) is 19.0. The first-order valence-corrected chi connectivity index (χ1v) is 9.41. The summed E-state index contributed by atoms with van der Waals surface area (Å²) in [5.41, 5.74) is 2.79. The Labute approximate surface area is 170 Å². The van der Waals surface area contributed by atoms with Crippen LogP contribution in [0.25, 0.3) is 0 Å². The lowest BCUT2D eigenvalue weighted by Crippen LogP contribution is -2.01. The lowest BCUT2D eigenvalue weighted by atomic mass is 10.2. The fraction of sp³-hybridized carbons (Fsp3) is 0.100. The summed E-state index contributed by atoms with van der Waals surface area (Å²) in [5.74, 6) is 0.474. The molecule has 0 amide bonds. The van der Waals surface area contributed by atoms with Crippen LogP contribution in [0, 0.1) is 5.82 Å². The molecule has 0 aliphatic carbocycles. The van der Waals surface area contributed by atoms with E-state index in [1.54, 1.807) is 24.3 Å². The smallest absolute Gasteiger partial charge is 0.134 e. The molecule has 0 atom stereocenters. The third kappa shape index (κ3) is 5.13. The normalized spacial score (nSPS) is 10.6. The van der Waals surface area contributed by atoms with E-state index in [2.05, 4.69) is 21.2 Å². The molecule has 0 fully saturated rings. The van der Waals surface area contributed by atoms with Crippen LogP contribution in [0.15, 0.2) is 65.1 Å². The Hall–Kier alpha value is -1.75. The molecule has 0 aromatic heterocycles. The van der Waals surface area contributed by atoms with Crippen LogP contribution in [0.4, 0.5) is 10.1 Å². The lowest BCUT2D eigenvalue weighted by molar-refractivity contribution is 0.304. The second kappa shape index (κ2) is 8.76. The molecule has 0 aliphatic rings. The highest BCUT2D eigenvalue weighted by molar-refractivity contribution is 9.10. The van der Waals surface area contributed by atoms with Gasteiger partial charge in [-0.1, -0.05) is 35.3 Å². The van der Waals surface area contributed by atoms with Gasteiger partial charge in [0.25, 0.3) is 0 Å². The molecule has 3 aromatic rings. The van der Waals surface area contributed by atoms with Crippen LogP contribution in [-0.2, 0) is 13.2 Å². The van der Waals surface area contributed by atoms with Gasteiger partial charge in [-0.25, -0.2) is 4.39 Å². The van der Waals surface area contributed by atoms with E-state index in [9.17, 15) is 4.39 Å². The van der Waals surface area contributed by atoms with Gasteiger partial charge in [0.15, 0.2) is 0 Å². The van der Waals surface area contributed by atoms with Crippen LogP contribution in [0.5, 0.6) is 5.75 Å². The number of benzene rings is 3. The monoisotopic (exact) mass is 453 g/mol. The average molecular weight is 455 g/mol. The predicted molar refractivity (Wildman–Crippen MR) is 109 cm³/mol. The second-order valence-electron chi connectivity index (χ2n) is 5.65. The zero-order valence-corrected chi connectivity index (χ0v) is 16.7. The van der Waals surface area contributed by atoms with Crippen molar-refractivity contribution in [2.75, 3.05) is 5.32 Å². The summed E-state index contributed by atoms with van der Waals surface area (Å²) < 4.78 is 19.6. The van der Waals surface area contributed by atoms with Crippen LogP contribution in [-0.4, -0.2) is 0 Å². The molecule has 3 aromatic carbocycles. The molecule has 0 heterocycles. The summed E-state index contributed by atoms with van der Waals surface area (Å²) in [6.45, 7) is 0.968. The van der Waals surface area contributed by atoms with E-state index in [0.717, 1.165) is 27.0 Å². The van der Waals surface area contributed by atoms with Gasteiger partial charge in [0.05, 0.1) is 4.47 Å². The number of ether oxygens (including phenoxy) is 1. The van der Waals surface area contributed by atoms with Gasteiger partial charge in [0.2, 0.25) is 0 Å². The van der Waals surface area contributed by atoms with Crippen molar-refractivity contribution in [1.82, 2.24) is 0 Å². The maximum absolute atomic E-state index is 12.9. The molecule has 1 N–H and O–H groups in total. The molecule has 0 aliphatic heterocycles. The molecular weight excluding hydrogens is 440 g/mol. The number of anilines is 1. The zero-order chi connectivity index (χ0) is 18.5. The molecule has 2 nitrogen and oxygen atoms in total. The van der Waals surface area contributed by atoms with Gasteiger partial charge in [-0.3, -0.25) is 0 Å². The Bertz CT molecular complexity index is 903. The molecular formula is C20H15BrCl2FNO. The van der Waals surface area contributed by atoms with E-state index in [1.807, 2.05) is 24.3 Å². The molecule has 134 valence electrons. The Balaban J connectivity index is 1.60. The summed E-state index contributed by atoms with van der Waals surface area (Å²) >= 11 is 15.6. The van der Waals surface area contributed by atoms with E-state index in [-0.39, 0.29) is 5.82 Å². The summed E-state index contributed by atoms with van der Waals surface area (Å²) in [7, 11) is 0. The van der Waals surface area contributed by atoms with E-state index in [1.165, 1.54) is 12.1 Å². The van der Waals surface area contributed by atoms with Crippen molar-refractivity contribution >= 4 is 44.8 Å². The number of halogens is 4. The minimum atomic E-state index is -0.249. The van der Waals surface area contributed by atoms with Gasteiger partial charge in [0, 0.05) is 27.8 Å². The van der Waals surface area contributed by atoms with Crippen LogP contribution in [0.2, 0.25) is 10.0 Å². The van der Waals surface area contributed by atoms with Crippen LogP contribution < -0.4 is 10.1 Å². The Morgan fingerprint density at radius 3 is 2.42 bits per heavy atom. The van der Waals surface area contributed by atoms with Crippen molar-refractivity contribution in [3.63, 3.8) is 0 Å². The minimum absolute atomic E-state index is 0.249. The number of hydrogen-bond donors (Lipinski definition) is 1. The topological polar surface area (TPSA) is 21.3 Å². The van der Waals surface area contributed by atoms with Crippen molar-refractivity contribution in [2.24, 2.45) is 0 Å². The van der Waals surface area contributed by atoms with Gasteiger partial charge < -0.3 is 10.1 Å². The quantitative estimate of drug-likeness (QED) is 0.429. The Morgan fingerprint density at radius 2 is 1.73 bits per heavy atom. The Morgan fingerprint density at radius 1 is 0.962 bits per heavy atom. The maximum Gasteiger partial charge on any atom is 0.134 e. The van der Waals surface area contributed by atoms with E-state index in [4.69, 9.17) is 27.9 Å². The van der Waals surface area contributed by atoms with Crippen molar-refractivity contribution in [2.45, 2.75) is 13.2 Å². The average Bonchev–Trinajstić information content (AvgIpc) is 2.62. The number of hydrogen-bond acceptors (Lipinski definition) is 2. The van der Waals surface area contributed by atoms with Crippen LogP contribution in [0.3, 0.4) is 0 Å². The number of rotatable bonds is 6. The fourth-order valence-electron chi connectivity index (χ4n) is 2.34. The summed E-state index contributed by atoms with van der Waals surface area (Å²) in [5, 5.41) is 4.42. The molecule has 0 unspecified atom stereocenters. The fourth-order valence-corrected chi connectivity index (χ4v) is 3.34. The van der Waals surface area contributed by atoms with Crippen molar-refractivity contribution in [3.05, 3.63) is 92.1 Å². The highest BCUT2D eigenvalue weighted by Gasteiger charge is 2.06. The van der Waals surface area contributed by atoms with Gasteiger partial charge in [-0.05, 0) is 70.0 Å². The van der Waals surface area contributed by atoms with Crippen LogP contribution in [0.1, 0.15) is 11.1 Å². The van der Waals surface area contributed by atoms with Gasteiger partial charge in [-0.15, -0.1) is 0 Å². The first-order chi connectivity index (χ1) is 12.5. The molecule has 0 spiro atoms. The van der Waals surface area contributed by atoms with Crippen molar-refractivity contribution in [3.8, 4) is 5.75 Å².